The van der Waals surface area contributed by atoms with Crippen molar-refractivity contribution in [2.24, 2.45) is 15.9 Å². The van der Waals surface area contributed by atoms with Crippen LogP contribution in [0.25, 0.3) is 0 Å². The van der Waals surface area contributed by atoms with Gasteiger partial charge in [0.15, 0.2) is 0 Å². The van der Waals surface area contributed by atoms with E-state index in [2.05, 4.69) is 15.5 Å². The van der Waals surface area contributed by atoms with Crippen LogP contribution in [0.3, 0.4) is 0 Å². The molecule has 0 heterocycles. The van der Waals surface area contributed by atoms with Gasteiger partial charge >= 0.3 is 0 Å². The number of hydrogen-bond acceptors (Lipinski definition) is 5. The van der Waals surface area contributed by atoms with Gasteiger partial charge in [0.1, 0.15) is 18.2 Å². The summed E-state index contributed by atoms with van der Waals surface area (Å²) in [7, 11) is 1.57. The molecule has 0 unspecified atom stereocenters. The molecular weight excluding hydrogens is 455 g/mol. The van der Waals surface area contributed by atoms with E-state index in [0.29, 0.717) is 34.9 Å². The zero-order valence-corrected chi connectivity index (χ0v) is 19.5. The molecule has 0 spiro atoms. The van der Waals surface area contributed by atoms with Crippen LogP contribution in [-0.2, 0) is 20.8 Å². The van der Waals surface area contributed by atoms with Gasteiger partial charge in [-0.1, -0.05) is 28.4 Å². The summed E-state index contributed by atoms with van der Waals surface area (Å²) >= 11 is 12.4. The molecule has 0 aliphatic carbocycles. The Labute approximate surface area is 196 Å². The molecule has 2 amide bonds. The second-order valence-corrected chi connectivity index (χ2v) is 7.46. The second-order valence-electron chi connectivity index (χ2n) is 6.65. The second kappa shape index (κ2) is 12.1. The third-order valence-electron chi connectivity index (χ3n) is 4.10. The molecule has 0 saturated carbocycles. The lowest BCUT2D eigenvalue weighted by atomic mass is 10.1. The predicted molar refractivity (Wildman–Crippen MR) is 127 cm³/mol. The standard InChI is InChI=1S/C22H24Cl2N4O4/c1-4-32-28-19(15-5-7-16(31-3)8-6-15)12-21(30)27-20(25)11-14-9-17(23)22(18(24)10-14)26-13(2)29/h5-10H,4,11-12H2,1-3H3,(H,26,29)(H2,25,27,30). The van der Waals surface area contributed by atoms with Crippen LogP contribution >= 0.6 is 23.2 Å². The summed E-state index contributed by atoms with van der Waals surface area (Å²) in [6, 6.07) is 10.3. The average Bonchev–Trinajstić information content (AvgIpc) is 2.73. The van der Waals surface area contributed by atoms with Gasteiger partial charge in [0.05, 0.1) is 35.0 Å². The van der Waals surface area contributed by atoms with Gasteiger partial charge in [0.2, 0.25) is 5.91 Å². The van der Waals surface area contributed by atoms with Crippen LogP contribution in [0.5, 0.6) is 5.75 Å². The number of nitrogens with two attached hydrogens (primary N) is 1. The van der Waals surface area contributed by atoms with Gasteiger partial charge in [-0.2, -0.15) is 0 Å². The van der Waals surface area contributed by atoms with Crippen LogP contribution in [0, 0.1) is 0 Å². The number of methoxy groups -OCH3 is 1. The molecule has 170 valence electrons. The number of anilines is 1. The predicted octanol–water partition coefficient (Wildman–Crippen LogP) is 4.22. The largest absolute Gasteiger partial charge is 0.497 e. The molecule has 0 radical (unpaired) electrons. The van der Waals surface area contributed by atoms with Crippen LogP contribution < -0.4 is 15.8 Å². The topological polar surface area (TPSA) is 115 Å². The Kier molecular flexibility index (Phi) is 9.49. The fraction of sp³-hybridized carbons (Fsp3) is 0.273. The molecule has 3 N–H and O–H groups in total. The van der Waals surface area contributed by atoms with Gasteiger partial charge in [-0.3, -0.25) is 9.59 Å². The highest BCUT2D eigenvalue weighted by atomic mass is 35.5. The average molecular weight is 479 g/mol. The van der Waals surface area contributed by atoms with Crippen LogP contribution in [-0.4, -0.2) is 37.1 Å². The Morgan fingerprint density at radius 1 is 1.12 bits per heavy atom. The summed E-state index contributed by atoms with van der Waals surface area (Å²) < 4.78 is 5.15. The first kappa shape index (κ1) is 25.2. The number of benzene rings is 2. The number of hydrogen-bond donors (Lipinski definition) is 2. The zero-order valence-electron chi connectivity index (χ0n) is 17.9. The number of halogens is 2. The van der Waals surface area contributed by atoms with E-state index in [1.165, 1.54) is 6.92 Å². The summed E-state index contributed by atoms with van der Waals surface area (Å²) in [5.74, 6) is -0.0155. The summed E-state index contributed by atoms with van der Waals surface area (Å²) in [6.45, 7) is 3.50. The van der Waals surface area contributed by atoms with E-state index < -0.39 is 5.91 Å². The zero-order chi connectivity index (χ0) is 23.7. The van der Waals surface area contributed by atoms with Crippen molar-refractivity contribution in [2.75, 3.05) is 19.0 Å². The van der Waals surface area contributed by atoms with E-state index in [0.717, 1.165) is 0 Å². The number of oxime groups is 1. The number of aliphatic imine (C=N–C) groups is 1. The highest BCUT2D eigenvalue weighted by Crippen LogP contribution is 2.32. The molecule has 0 atom stereocenters. The van der Waals surface area contributed by atoms with Crippen molar-refractivity contribution in [1.29, 1.82) is 0 Å². The number of ether oxygens (including phenoxy) is 1. The van der Waals surface area contributed by atoms with Crippen molar-refractivity contribution in [3.8, 4) is 5.75 Å². The Balaban J connectivity index is 2.14. The molecule has 0 fully saturated rings. The summed E-state index contributed by atoms with van der Waals surface area (Å²) in [5, 5.41) is 7.11. The van der Waals surface area contributed by atoms with Gasteiger partial charge in [-0.25, -0.2) is 4.99 Å². The first-order chi connectivity index (χ1) is 15.2. The molecular formula is C22H24Cl2N4O4. The number of rotatable bonds is 9. The van der Waals surface area contributed by atoms with Crippen LogP contribution in [0.15, 0.2) is 46.5 Å². The highest BCUT2D eigenvalue weighted by molar-refractivity contribution is 6.39. The highest BCUT2D eigenvalue weighted by Gasteiger charge is 2.14. The molecule has 32 heavy (non-hydrogen) atoms. The lowest BCUT2D eigenvalue weighted by Gasteiger charge is -2.10. The maximum Gasteiger partial charge on any atom is 0.253 e. The van der Waals surface area contributed by atoms with Gasteiger partial charge in [-0.05, 0) is 48.9 Å². The van der Waals surface area contributed by atoms with Gasteiger partial charge < -0.3 is 20.6 Å². The van der Waals surface area contributed by atoms with Crippen LogP contribution in [0.2, 0.25) is 10.0 Å². The van der Waals surface area contributed by atoms with Crippen molar-refractivity contribution in [3.05, 3.63) is 57.6 Å². The molecule has 0 saturated heterocycles. The lowest BCUT2D eigenvalue weighted by molar-refractivity contribution is -0.116. The van der Waals surface area contributed by atoms with E-state index in [-0.39, 0.29) is 34.6 Å². The molecule has 2 aromatic carbocycles. The first-order valence-corrected chi connectivity index (χ1v) is 10.4. The number of amides is 2. The Bertz CT molecular complexity index is 1010. The minimum atomic E-state index is -0.483. The fourth-order valence-electron chi connectivity index (χ4n) is 2.73. The summed E-state index contributed by atoms with van der Waals surface area (Å²) in [4.78, 5) is 32.8. The quantitative estimate of drug-likeness (QED) is 0.318. The van der Waals surface area contributed by atoms with Crippen molar-refractivity contribution in [2.45, 2.75) is 26.7 Å². The Morgan fingerprint density at radius 2 is 1.75 bits per heavy atom. The number of carbonyl (C=O) groups excluding carboxylic acids is 2. The molecule has 0 aliphatic heterocycles. The van der Waals surface area contributed by atoms with Gasteiger partial charge in [-0.15, -0.1) is 0 Å². The van der Waals surface area contributed by atoms with Gasteiger partial charge in [0, 0.05) is 18.9 Å². The molecule has 10 heteroatoms. The van der Waals surface area contributed by atoms with Crippen molar-refractivity contribution in [1.82, 2.24) is 0 Å². The van der Waals surface area contributed by atoms with Crippen molar-refractivity contribution in [3.63, 3.8) is 0 Å². The minimum Gasteiger partial charge on any atom is -0.497 e. The maximum absolute atomic E-state index is 12.5. The van der Waals surface area contributed by atoms with Crippen molar-refractivity contribution < 1.29 is 19.2 Å². The van der Waals surface area contributed by atoms with E-state index in [4.69, 9.17) is 38.5 Å². The molecule has 8 nitrogen and oxygen atoms in total. The van der Waals surface area contributed by atoms with Gasteiger partial charge in [0.25, 0.3) is 5.91 Å². The van der Waals surface area contributed by atoms with E-state index >= 15 is 0 Å². The van der Waals surface area contributed by atoms with Crippen molar-refractivity contribution >= 4 is 52.3 Å². The normalized spacial score (nSPS) is 11.8. The molecule has 0 aliphatic rings. The lowest BCUT2D eigenvalue weighted by Crippen LogP contribution is -2.19. The number of nitrogens with zero attached hydrogens (tertiary/aromatic N) is 2. The van der Waals surface area contributed by atoms with E-state index in [9.17, 15) is 9.59 Å². The Hall–Kier alpha value is -3.10. The maximum atomic E-state index is 12.5. The molecule has 2 aromatic rings. The smallest absolute Gasteiger partial charge is 0.253 e. The fourth-order valence-corrected chi connectivity index (χ4v) is 3.35. The molecule has 0 aromatic heterocycles. The monoisotopic (exact) mass is 478 g/mol. The number of amidine groups is 1. The first-order valence-electron chi connectivity index (χ1n) is 9.68. The Morgan fingerprint density at radius 3 is 2.28 bits per heavy atom. The minimum absolute atomic E-state index is 0.0832. The number of carbonyl (C=O) groups is 2. The molecule has 0 bridgehead atoms. The number of nitrogens with one attached hydrogen (secondary N) is 1. The SMILES string of the molecule is CCON=C(CC(=O)N=C(N)Cc1cc(Cl)c(NC(C)=O)c(Cl)c1)c1ccc(OC)cc1. The third-order valence-corrected chi connectivity index (χ3v) is 4.70. The van der Waals surface area contributed by atoms with Crippen LogP contribution in [0.1, 0.15) is 31.4 Å². The third kappa shape index (κ3) is 7.55. The van der Waals surface area contributed by atoms with Crippen LogP contribution in [0.4, 0.5) is 5.69 Å². The summed E-state index contributed by atoms with van der Waals surface area (Å²) in [5.41, 5.74) is 8.04. The summed E-state index contributed by atoms with van der Waals surface area (Å²) in [6.07, 6.45) is 0.0437. The van der Waals surface area contributed by atoms with E-state index in [1.54, 1.807) is 50.4 Å². The molecule has 2 rings (SSSR count). The van der Waals surface area contributed by atoms with E-state index in [1.807, 2.05) is 0 Å².